The number of hydrogen-bond donors (Lipinski definition) is 1. The second-order valence-electron chi connectivity index (χ2n) is 5.33. The van der Waals surface area contributed by atoms with Gasteiger partial charge >= 0.3 is 5.97 Å². The molecule has 2 aromatic heterocycles. The molecule has 0 radical (unpaired) electrons. The largest absolute Gasteiger partial charge is 0.465 e. The molecule has 22 heavy (non-hydrogen) atoms. The third-order valence-corrected chi connectivity index (χ3v) is 4.22. The molecule has 0 saturated heterocycles. The molecular formula is C18H14N2O2. The van der Waals surface area contributed by atoms with Crippen LogP contribution in [0.15, 0.2) is 42.7 Å². The van der Waals surface area contributed by atoms with Crippen molar-refractivity contribution < 1.29 is 9.53 Å². The number of aromatic amines is 1. The normalized spacial score (nSPS) is 11.4. The Kier molecular flexibility index (Phi) is 2.66. The number of benzene rings is 2. The van der Waals surface area contributed by atoms with Gasteiger partial charge in [-0.3, -0.25) is 4.98 Å². The fourth-order valence-corrected chi connectivity index (χ4v) is 3.21. The molecule has 0 aliphatic heterocycles. The number of ether oxygens (including phenoxy) is 1. The van der Waals surface area contributed by atoms with E-state index in [2.05, 4.69) is 23.0 Å². The number of carbonyl (C=O) groups excluding carboxylic acids is 1. The van der Waals surface area contributed by atoms with Gasteiger partial charge in [0, 0.05) is 39.5 Å². The molecule has 0 bridgehead atoms. The third kappa shape index (κ3) is 1.58. The Labute approximate surface area is 126 Å². The molecule has 2 aromatic carbocycles. The van der Waals surface area contributed by atoms with Crippen LogP contribution >= 0.6 is 0 Å². The van der Waals surface area contributed by atoms with Gasteiger partial charge in [-0.25, -0.2) is 4.79 Å². The summed E-state index contributed by atoms with van der Waals surface area (Å²) in [5.41, 5.74) is 3.51. The summed E-state index contributed by atoms with van der Waals surface area (Å²) < 4.78 is 5.01. The number of esters is 1. The van der Waals surface area contributed by atoms with E-state index in [-0.39, 0.29) is 5.97 Å². The number of nitrogens with one attached hydrogen (secondary N) is 1. The van der Waals surface area contributed by atoms with Crippen LogP contribution in [0.2, 0.25) is 0 Å². The minimum atomic E-state index is -0.340. The van der Waals surface area contributed by atoms with Crippen molar-refractivity contribution in [3.63, 3.8) is 0 Å². The summed E-state index contributed by atoms with van der Waals surface area (Å²) in [6, 6.07) is 9.91. The number of pyridine rings is 1. The molecule has 4 nitrogen and oxygen atoms in total. The molecule has 0 spiro atoms. The molecule has 0 unspecified atom stereocenters. The van der Waals surface area contributed by atoms with Gasteiger partial charge in [0.2, 0.25) is 0 Å². The van der Waals surface area contributed by atoms with E-state index in [0.717, 1.165) is 38.1 Å². The number of hydrogen-bond acceptors (Lipinski definition) is 3. The minimum absolute atomic E-state index is 0.340. The van der Waals surface area contributed by atoms with E-state index in [0.29, 0.717) is 5.56 Å². The van der Waals surface area contributed by atoms with Crippen molar-refractivity contribution in [3.05, 3.63) is 53.9 Å². The van der Waals surface area contributed by atoms with Crippen molar-refractivity contribution in [1.29, 1.82) is 0 Å². The van der Waals surface area contributed by atoms with Gasteiger partial charge < -0.3 is 9.72 Å². The Balaban J connectivity index is 2.35. The lowest BCUT2D eigenvalue weighted by Gasteiger charge is -2.10. The van der Waals surface area contributed by atoms with E-state index >= 15 is 0 Å². The molecule has 1 N–H and O–H groups in total. The standard InChI is InChI=1S/C18H14N2O2/c1-10-13-9-19-8-7-11(13)16(18(21)22-2)17-15(10)12-5-3-4-6-14(12)20-17/h3-9,20H,1-2H3. The quantitative estimate of drug-likeness (QED) is 0.540. The number of para-hydroxylation sites is 1. The Morgan fingerprint density at radius 2 is 1.95 bits per heavy atom. The average Bonchev–Trinajstić information content (AvgIpc) is 2.94. The lowest BCUT2D eigenvalue weighted by molar-refractivity contribution is 0.0605. The smallest absolute Gasteiger partial charge is 0.340 e. The Morgan fingerprint density at radius 3 is 2.77 bits per heavy atom. The van der Waals surface area contributed by atoms with E-state index in [4.69, 9.17) is 4.74 Å². The number of rotatable bonds is 1. The monoisotopic (exact) mass is 290 g/mol. The number of fused-ring (bicyclic) bond motifs is 4. The summed E-state index contributed by atoms with van der Waals surface area (Å²) in [5.74, 6) is -0.340. The number of aromatic nitrogens is 2. The van der Waals surface area contributed by atoms with E-state index in [1.54, 1.807) is 12.4 Å². The van der Waals surface area contributed by atoms with E-state index < -0.39 is 0 Å². The molecule has 0 amide bonds. The van der Waals surface area contributed by atoms with Gasteiger partial charge in [-0.15, -0.1) is 0 Å². The van der Waals surface area contributed by atoms with Crippen LogP contribution in [0.4, 0.5) is 0 Å². The van der Waals surface area contributed by atoms with Gasteiger partial charge in [0.15, 0.2) is 0 Å². The Bertz CT molecular complexity index is 1050. The van der Waals surface area contributed by atoms with Crippen LogP contribution in [0.1, 0.15) is 15.9 Å². The third-order valence-electron chi connectivity index (χ3n) is 4.22. The zero-order chi connectivity index (χ0) is 15.3. The average molecular weight is 290 g/mol. The van der Waals surface area contributed by atoms with Crippen LogP contribution in [-0.2, 0) is 4.74 Å². The maximum atomic E-state index is 12.4. The van der Waals surface area contributed by atoms with Gasteiger partial charge in [0.25, 0.3) is 0 Å². The summed E-state index contributed by atoms with van der Waals surface area (Å²) in [5, 5.41) is 3.99. The second-order valence-corrected chi connectivity index (χ2v) is 5.33. The van der Waals surface area contributed by atoms with Gasteiger partial charge in [0.05, 0.1) is 18.2 Å². The lowest BCUT2D eigenvalue weighted by Crippen LogP contribution is -2.04. The molecule has 0 fully saturated rings. The maximum absolute atomic E-state index is 12.4. The number of aryl methyl sites for hydroxylation is 1. The Hall–Kier alpha value is -2.88. The molecular weight excluding hydrogens is 276 g/mol. The highest BCUT2D eigenvalue weighted by Crippen LogP contribution is 2.36. The number of methoxy groups -OCH3 is 1. The first-order chi connectivity index (χ1) is 10.7. The zero-order valence-electron chi connectivity index (χ0n) is 12.3. The summed E-state index contributed by atoms with van der Waals surface area (Å²) in [4.78, 5) is 19.9. The first kappa shape index (κ1) is 12.8. The molecule has 0 saturated carbocycles. The summed E-state index contributed by atoms with van der Waals surface area (Å²) in [7, 11) is 1.41. The van der Waals surface area contributed by atoms with Crippen molar-refractivity contribution in [2.45, 2.75) is 6.92 Å². The molecule has 4 aromatic rings. The van der Waals surface area contributed by atoms with Crippen LogP contribution in [0, 0.1) is 6.92 Å². The van der Waals surface area contributed by atoms with Crippen LogP contribution < -0.4 is 0 Å². The number of nitrogens with zero attached hydrogens (tertiary/aromatic N) is 1. The molecule has 4 heteroatoms. The molecule has 2 heterocycles. The first-order valence-corrected chi connectivity index (χ1v) is 7.07. The molecule has 0 aliphatic rings. The molecule has 108 valence electrons. The highest BCUT2D eigenvalue weighted by Gasteiger charge is 2.20. The van der Waals surface area contributed by atoms with E-state index in [1.165, 1.54) is 7.11 Å². The van der Waals surface area contributed by atoms with Gasteiger partial charge in [0.1, 0.15) is 0 Å². The van der Waals surface area contributed by atoms with Crippen LogP contribution in [0.25, 0.3) is 32.6 Å². The fourth-order valence-electron chi connectivity index (χ4n) is 3.21. The minimum Gasteiger partial charge on any atom is -0.465 e. The van der Waals surface area contributed by atoms with Crippen molar-refractivity contribution in [3.8, 4) is 0 Å². The lowest BCUT2D eigenvalue weighted by atomic mass is 9.96. The van der Waals surface area contributed by atoms with E-state index in [1.807, 2.05) is 24.3 Å². The highest BCUT2D eigenvalue weighted by molar-refractivity contribution is 6.23. The predicted molar refractivity (Wildman–Crippen MR) is 87.2 cm³/mol. The summed E-state index contributed by atoms with van der Waals surface area (Å²) >= 11 is 0. The first-order valence-electron chi connectivity index (χ1n) is 7.07. The summed E-state index contributed by atoms with van der Waals surface area (Å²) in [6.07, 6.45) is 3.50. The SMILES string of the molecule is COC(=O)c1c2ccncc2c(C)c2c1[nH]c1ccccc12. The zero-order valence-corrected chi connectivity index (χ0v) is 12.3. The maximum Gasteiger partial charge on any atom is 0.340 e. The van der Waals surface area contributed by atoms with Crippen LogP contribution in [0.5, 0.6) is 0 Å². The molecule has 4 rings (SSSR count). The van der Waals surface area contributed by atoms with Crippen LogP contribution in [0.3, 0.4) is 0 Å². The summed E-state index contributed by atoms with van der Waals surface area (Å²) in [6.45, 7) is 2.06. The predicted octanol–water partition coefficient (Wildman–Crippen LogP) is 3.96. The topological polar surface area (TPSA) is 55.0 Å². The van der Waals surface area contributed by atoms with Crippen LogP contribution in [-0.4, -0.2) is 23.0 Å². The van der Waals surface area contributed by atoms with Crippen molar-refractivity contribution in [1.82, 2.24) is 9.97 Å². The van der Waals surface area contributed by atoms with Crippen molar-refractivity contribution >= 4 is 38.5 Å². The second kappa shape index (κ2) is 4.56. The van der Waals surface area contributed by atoms with Gasteiger partial charge in [-0.1, -0.05) is 18.2 Å². The van der Waals surface area contributed by atoms with Gasteiger partial charge in [-0.05, 0) is 24.6 Å². The van der Waals surface area contributed by atoms with Crippen molar-refractivity contribution in [2.24, 2.45) is 0 Å². The number of carbonyl (C=O) groups is 1. The molecule has 0 aliphatic carbocycles. The Morgan fingerprint density at radius 1 is 1.14 bits per heavy atom. The molecule has 0 atom stereocenters. The van der Waals surface area contributed by atoms with Crippen molar-refractivity contribution in [2.75, 3.05) is 7.11 Å². The van der Waals surface area contributed by atoms with E-state index in [9.17, 15) is 4.79 Å². The number of H-pyrrole nitrogens is 1. The highest BCUT2D eigenvalue weighted by atomic mass is 16.5. The fraction of sp³-hybridized carbons (Fsp3) is 0.111. The van der Waals surface area contributed by atoms with Gasteiger partial charge in [-0.2, -0.15) is 0 Å².